The van der Waals surface area contributed by atoms with E-state index >= 15 is 0 Å². The molecule has 7 aromatic rings. The minimum Gasteiger partial charge on any atom is -0.321 e. The lowest BCUT2D eigenvalue weighted by Crippen LogP contribution is -2.11. The number of aromatic nitrogens is 8. The third-order valence-electron chi connectivity index (χ3n) is 6.38. The number of H-pyrrole nitrogens is 2. The smallest absolute Gasteiger partial charge is 0.255 e. The first-order valence-corrected chi connectivity index (χ1v) is 12.1. The average Bonchev–Trinajstić information content (AvgIpc) is 3.62. The number of amides is 1. The van der Waals surface area contributed by atoms with Crippen molar-refractivity contribution in [2.75, 3.05) is 5.32 Å². The van der Waals surface area contributed by atoms with E-state index in [0.717, 1.165) is 33.2 Å². The van der Waals surface area contributed by atoms with Gasteiger partial charge >= 0.3 is 0 Å². The molecule has 0 aliphatic heterocycles. The van der Waals surface area contributed by atoms with Gasteiger partial charge in [0, 0.05) is 53.2 Å². The van der Waals surface area contributed by atoms with E-state index in [1.54, 1.807) is 49.3 Å². The van der Waals surface area contributed by atoms with Gasteiger partial charge in [-0.3, -0.25) is 19.9 Å². The number of hydrogen-bond donors (Lipinski definition) is 3. The van der Waals surface area contributed by atoms with E-state index in [1.807, 2.05) is 48.5 Å². The van der Waals surface area contributed by atoms with E-state index in [0.29, 0.717) is 34.1 Å². The number of rotatable bonds is 5. The van der Waals surface area contributed by atoms with Crippen molar-refractivity contribution < 1.29 is 4.79 Å². The highest BCUT2D eigenvalue weighted by Crippen LogP contribution is 2.32. The molecule has 0 atom stereocenters. The number of anilines is 1. The second-order valence-electron chi connectivity index (χ2n) is 8.85. The molecule has 0 bridgehead atoms. The van der Waals surface area contributed by atoms with E-state index in [-0.39, 0.29) is 5.91 Å². The summed E-state index contributed by atoms with van der Waals surface area (Å²) in [6.07, 6.45) is 10.3. The summed E-state index contributed by atoms with van der Waals surface area (Å²) in [6, 6.07) is 18.7. The van der Waals surface area contributed by atoms with Gasteiger partial charge in [0.25, 0.3) is 5.91 Å². The van der Waals surface area contributed by atoms with Crippen LogP contribution in [-0.2, 0) is 0 Å². The number of carbonyl (C=O) groups is 1. The van der Waals surface area contributed by atoms with Crippen LogP contribution in [0.3, 0.4) is 0 Å². The molecule has 1 amide bonds. The number of pyridine rings is 4. The van der Waals surface area contributed by atoms with Crippen molar-refractivity contribution in [1.29, 1.82) is 0 Å². The molecule has 10 heteroatoms. The van der Waals surface area contributed by atoms with Gasteiger partial charge in [-0.25, -0.2) is 15.0 Å². The Morgan fingerprint density at radius 1 is 0.769 bits per heavy atom. The summed E-state index contributed by atoms with van der Waals surface area (Å²) < 4.78 is 0. The monoisotopic (exact) mass is 509 g/mol. The van der Waals surface area contributed by atoms with Gasteiger partial charge in [0.2, 0.25) is 0 Å². The minimum absolute atomic E-state index is 0.204. The quantitative estimate of drug-likeness (QED) is 0.287. The van der Waals surface area contributed by atoms with Gasteiger partial charge < -0.3 is 10.3 Å². The molecule has 39 heavy (non-hydrogen) atoms. The molecule has 0 saturated carbocycles. The standard InChI is InChI=1S/C29H19N9O/c39-29(18-4-2-1-3-5-18)34-21-12-19(14-31-16-21)20-13-23-25(37-38-26(23)33-15-20)28-35-24-22(8-11-32-27(24)36-28)17-6-9-30-10-7-17/h1-16H,(H,34,39)(H,32,35,36)(H,33,37,38). The number of hydrogen-bond acceptors (Lipinski definition) is 7. The summed E-state index contributed by atoms with van der Waals surface area (Å²) in [5.74, 6) is 0.371. The minimum atomic E-state index is -0.204. The van der Waals surface area contributed by atoms with Gasteiger partial charge in [-0.05, 0) is 48.0 Å². The SMILES string of the molecule is O=C(Nc1cncc(-c2cnc3[nH]nc(-c4nc5c(-c6ccncc6)ccnc5[nH]4)c3c2)c1)c1ccccc1. The first kappa shape index (κ1) is 22.4. The first-order valence-electron chi connectivity index (χ1n) is 12.1. The molecule has 0 saturated heterocycles. The molecule has 7 rings (SSSR count). The van der Waals surface area contributed by atoms with Crippen molar-refractivity contribution >= 4 is 33.8 Å². The zero-order chi connectivity index (χ0) is 26.2. The van der Waals surface area contributed by atoms with Crippen LogP contribution >= 0.6 is 0 Å². The summed E-state index contributed by atoms with van der Waals surface area (Å²) in [5.41, 5.74) is 7.37. The van der Waals surface area contributed by atoms with E-state index in [2.05, 4.69) is 40.4 Å². The maximum atomic E-state index is 12.6. The van der Waals surface area contributed by atoms with Crippen LogP contribution in [0.2, 0.25) is 0 Å². The number of fused-ring (bicyclic) bond motifs is 2. The number of benzene rings is 1. The zero-order valence-electron chi connectivity index (χ0n) is 20.3. The molecule has 1 aromatic carbocycles. The van der Waals surface area contributed by atoms with Crippen LogP contribution in [-0.4, -0.2) is 46.0 Å². The number of carbonyl (C=O) groups excluding carboxylic acids is 1. The Hall–Kier alpha value is -5.77. The third kappa shape index (κ3) is 4.15. The van der Waals surface area contributed by atoms with Gasteiger partial charge in [0.05, 0.1) is 17.3 Å². The predicted octanol–water partition coefficient (Wildman–Crippen LogP) is 5.27. The number of nitrogens with zero attached hydrogens (tertiary/aromatic N) is 6. The van der Waals surface area contributed by atoms with Crippen molar-refractivity contribution in [3.8, 4) is 33.8 Å². The Kier molecular flexibility index (Phi) is 5.33. The second kappa shape index (κ2) is 9.27. The van der Waals surface area contributed by atoms with Crippen molar-refractivity contribution in [3.63, 3.8) is 0 Å². The van der Waals surface area contributed by atoms with Crippen molar-refractivity contribution in [2.45, 2.75) is 0 Å². The number of aromatic amines is 2. The van der Waals surface area contributed by atoms with Gasteiger partial charge in [-0.2, -0.15) is 5.10 Å². The molecule has 186 valence electrons. The summed E-state index contributed by atoms with van der Waals surface area (Å²) in [5, 5.41) is 11.2. The molecule has 0 fully saturated rings. The van der Waals surface area contributed by atoms with Gasteiger partial charge in [0.1, 0.15) is 11.2 Å². The summed E-state index contributed by atoms with van der Waals surface area (Å²) in [6.45, 7) is 0. The third-order valence-corrected chi connectivity index (χ3v) is 6.38. The van der Waals surface area contributed by atoms with Gasteiger partial charge in [-0.1, -0.05) is 18.2 Å². The highest BCUT2D eigenvalue weighted by atomic mass is 16.1. The summed E-state index contributed by atoms with van der Waals surface area (Å²) in [7, 11) is 0. The van der Waals surface area contributed by atoms with Crippen LogP contribution in [0.25, 0.3) is 56.0 Å². The molecule has 0 unspecified atom stereocenters. The summed E-state index contributed by atoms with van der Waals surface area (Å²) >= 11 is 0. The Morgan fingerprint density at radius 3 is 2.49 bits per heavy atom. The maximum Gasteiger partial charge on any atom is 0.255 e. The number of imidazole rings is 1. The Balaban J connectivity index is 1.25. The average molecular weight is 510 g/mol. The lowest BCUT2D eigenvalue weighted by atomic mass is 10.1. The van der Waals surface area contributed by atoms with E-state index in [9.17, 15) is 4.79 Å². The lowest BCUT2D eigenvalue weighted by molar-refractivity contribution is 0.102. The Labute approximate surface area is 221 Å². The molecular formula is C29H19N9O. The van der Waals surface area contributed by atoms with Crippen molar-refractivity contribution in [2.24, 2.45) is 0 Å². The molecule has 6 aromatic heterocycles. The summed E-state index contributed by atoms with van der Waals surface area (Å²) in [4.78, 5) is 38.2. The van der Waals surface area contributed by atoms with Gasteiger partial charge in [0.15, 0.2) is 17.1 Å². The van der Waals surface area contributed by atoms with E-state index in [4.69, 9.17) is 4.98 Å². The lowest BCUT2D eigenvalue weighted by Gasteiger charge is -2.07. The Morgan fingerprint density at radius 2 is 1.62 bits per heavy atom. The molecule has 10 nitrogen and oxygen atoms in total. The van der Waals surface area contributed by atoms with E-state index in [1.165, 1.54) is 0 Å². The topological polar surface area (TPSA) is 138 Å². The highest BCUT2D eigenvalue weighted by Gasteiger charge is 2.17. The predicted molar refractivity (Wildman–Crippen MR) is 148 cm³/mol. The molecule has 6 heterocycles. The van der Waals surface area contributed by atoms with Crippen LogP contribution in [0.1, 0.15) is 10.4 Å². The maximum absolute atomic E-state index is 12.6. The van der Waals surface area contributed by atoms with Crippen molar-refractivity contribution in [3.05, 3.63) is 103 Å². The van der Waals surface area contributed by atoms with Crippen LogP contribution in [0.15, 0.2) is 97.8 Å². The number of nitrogens with one attached hydrogen (secondary N) is 3. The normalized spacial score (nSPS) is 11.2. The Bertz CT molecular complexity index is 1960. The highest BCUT2D eigenvalue weighted by molar-refractivity contribution is 6.04. The van der Waals surface area contributed by atoms with Crippen LogP contribution < -0.4 is 5.32 Å². The van der Waals surface area contributed by atoms with Gasteiger partial charge in [-0.15, -0.1) is 0 Å². The van der Waals surface area contributed by atoms with E-state index < -0.39 is 0 Å². The fourth-order valence-electron chi connectivity index (χ4n) is 4.49. The largest absolute Gasteiger partial charge is 0.321 e. The van der Waals surface area contributed by atoms with Crippen molar-refractivity contribution in [1.82, 2.24) is 40.1 Å². The van der Waals surface area contributed by atoms with Crippen LogP contribution in [0.5, 0.6) is 0 Å². The molecule has 3 N–H and O–H groups in total. The second-order valence-corrected chi connectivity index (χ2v) is 8.85. The fraction of sp³-hybridized carbons (Fsp3) is 0. The van der Waals surface area contributed by atoms with Crippen LogP contribution in [0, 0.1) is 0 Å². The first-order chi connectivity index (χ1) is 19.2. The zero-order valence-corrected chi connectivity index (χ0v) is 20.3. The fourth-order valence-corrected chi connectivity index (χ4v) is 4.49. The molecule has 0 aliphatic carbocycles. The van der Waals surface area contributed by atoms with Crippen LogP contribution in [0.4, 0.5) is 5.69 Å². The molecule has 0 aliphatic rings. The molecule has 0 radical (unpaired) electrons. The molecule has 0 spiro atoms. The molecular weight excluding hydrogens is 490 g/mol.